The summed E-state index contributed by atoms with van der Waals surface area (Å²) < 4.78 is 11.4. The summed E-state index contributed by atoms with van der Waals surface area (Å²) in [5, 5.41) is 10.0. The monoisotopic (exact) mass is 257 g/mol. The summed E-state index contributed by atoms with van der Waals surface area (Å²) in [4.78, 5) is 2.28. The van der Waals surface area contributed by atoms with Crippen LogP contribution in [-0.4, -0.2) is 60.7 Å². The number of hydrogen-bond donors (Lipinski definition) is 1. The minimum atomic E-state index is -0.372. The van der Waals surface area contributed by atoms with E-state index in [9.17, 15) is 5.11 Å². The fourth-order valence-electron chi connectivity index (χ4n) is 3.09. The van der Waals surface area contributed by atoms with Crippen molar-refractivity contribution in [3.8, 4) is 0 Å². The van der Waals surface area contributed by atoms with E-state index in [1.54, 1.807) is 0 Å². The van der Waals surface area contributed by atoms with Crippen LogP contribution in [0.15, 0.2) is 0 Å². The zero-order chi connectivity index (χ0) is 13.0. The van der Waals surface area contributed by atoms with Crippen molar-refractivity contribution < 1.29 is 14.6 Å². The first-order chi connectivity index (χ1) is 8.63. The van der Waals surface area contributed by atoms with E-state index < -0.39 is 0 Å². The van der Waals surface area contributed by atoms with Gasteiger partial charge in [0.1, 0.15) is 0 Å². The van der Waals surface area contributed by atoms with Gasteiger partial charge in [0.05, 0.1) is 31.0 Å². The van der Waals surface area contributed by atoms with Gasteiger partial charge in [0.25, 0.3) is 0 Å². The first kappa shape index (κ1) is 14.3. The van der Waals surface area contributed by atoms with Gasteiger partial charge in [-0.2, -0.15) is 0 Å². The molecule has 1 aliphatic heterocycles. The van der Waals surface area contributed by atoms with Crippen LogP contribution in [0.3, 0.4) is 0 Å². The predicted octanol–water partition coefficient (Wildman–Crippen LogP) is 1.42. The minimum absolute atomic E-state index is 0.261. The lowest BCUT2D eigenvalue weighted by Crippen LogP contribution is -2.48. The maximum Gasteiger partial charge on any atom is 0.0900 e. The fourth-order valence-corrected chi connectivity index (χ4v) is 3.09. The van der Waals surface area contributed by atoms with Crippen LogP contribution in [0, 0.1) is 0 Å². The van der Waals surface area contributed by atoms with Crippen molar-refractivity contribution in [2.24, 2.45) is 0 Å². The van der Waals surface area contributed by atoms with E-state index >= 15 is 0 Å². The van der Waals surface area contributed by atoms with E-state index in [-0.39, 0.29) is 18.3 Å². The van der Waals surface area contributed by atoms with Gasteiger partial charge in [-0.3, -0.25) is 4.90 Å². The Morgan fingerprint density at radius 2 is 1.83 bits per heavy atom. The second-order valence-electron chi connectivity index (χ2n) is 5.87. The molecule has 18 heavy (non-hydrogen) atoms. The Morgan fingerprint density at radius 3 is 2.44 bits per heavy atom. The molecule has 2 fully saturated rings. The minimum Gasteiger partial charge on any atom is -0.389 e. The number of aliphatic hydroxyl groups excluding tert-OH is 1. The Labute approximate surface area is 110 Å². The van der Waals surface area contributed by atoms with E-state index in [1.165, 1.54) is 25.7 Å². The summed E-state index contributed by atoms with van der Waals surface area (Å²) in [5.41, 5.74) is 0. The van der Waals surface area contributed by atoms with E-state index in [0.717, 1.165) is 13.1 Å². The zero-order valence-corrected chi connectivity index (χ0v) is 11.7. The van der Waals surface area contributed by atoms with Crippen molar-refractivity contribution in [1.29, 1.82) is 0 Å². The first-order valence-electron chi connectivity index (χ1n) is 7.31. The molecule has 0 spiro atoms. The Balaban J connectivity index is 1.64. The van der Waals surface area contributed by atoms with Crippen molar-refractivity contribution in [3.05, 3.63) is 0 Å². The molecule has 3 atom stereocenters. The molecular formula is C14H27NO3. The molecule has 2 aliphatic rings. The molecule has 1 heterocycles. The van der Waals surface area contributed by atoms with Crippen LogP contribution in [0.2, 0.25) is 0 Å². The highest BCUT2D eigenvalue weighted by atomic mass is 16.5. The largest absolute Gasteiger partial charge is 0.389 e. The molecular weight excluding hydrogens is 230 g/mol. The van der Waals surface area contributed by atoms with Crippen LogP contribution in [0.25, 0.3) is 0 Å². The van der Waals surface area contributed by atoms with E-state index in [2.05, 4.69) is 18.7 Å². The molecule has 0 aromatic carbocycles. The summed E-state index contributed by atoms with van der Waals surface area (Å²) in [5.74, 6) is 0. The molecule has 0 amide bonds. The van der Waals surface area contributed by atoms with Gasteiger partial charge in [-0.15, -0.1) is 0 Å². The van der Waals surface area contributed by atoms with Gasteiger partial charge >= 0.3 is 0 Å². The molecule has 0 unspecified atom stereocenters. The molecule has 1 saturated heterocycles. The Hall–Kier alpha value is -0.160. The lowest BCUT2D eigenvalue weighted by atomic mass is 10.2. The second kappa shape index (κ2) is 6.85. The summed E-state index contributed by atoms with van der Waals surface area (Å²) >= 11 is 0. The van der Waals surface area contributed by atoms with E-state index in [0.29, 0.717) is 19.3 Å². The number of rotatable bonds is 5. The first-order valence-corrected chi connectivity index (χ1v) is 7.31. The van der Waals surface area contributed by atoms with E-state index in [4.69, 9.17) is 9.47 Å². The number of ether oxygens (including phenoxy) is 2. The highest BCUT2D eigenvalue weighted by Crippen LogP contribution is 2.21. The maximum absolute atomic E-state index is 10.0. The number of morpholine rings is 1. The summed E-state index contributed by atoms with van der Waals surface area (Å²) in [6, 6.07) is 0. The van der Waals surface area contributed by atoms with Crippen molar-refractivity contribution in [2.75, 3.05) is 26.2 Å². The molecule has 0 bridgehead atoms. The predicted molar refractivity (Wildman–Crippen MR) is 70.7 cm³/mol. The summed E-state index contributed by atoms with van der Waals surface area (Å²) in [6.45, 7) is 7.17. The SMILES string of the molecule is C[C@@H]1CN(C[C@@H](O)COC2CCCC2)C[C@H](C)O1. The highest BCUT2D eigenvalue weighted by molar-refractivity contribution is 4.76. The third-order valence-corrected chi connectivity index (χ3v) is 3.79. The van der Waals surface area contributed by atoms with Crippen LogP contribution in [-0.2, 0) is 9.47 Å². The smallest absolute Gasteiger partial charge is 0.0900 e. The lowest BCUT2D eigenvalue weighted by Gasteiger charge is -2.36. The average Bonchev–Trinajstić information content (AvgIpc) is 2.77. The molecule has 2 rings (SSSR count). The van der Waals surface area contributed by atoms with Gasteiger partial charge in [0, 0.05) is 19.6 Å². The Kier molecular flexibility index (Phi) is 5.42. The molecule has 1 saturated carbocycles. The quantitative estimate of drug-likeness (QED) is 0.809. The number of aliphatic hydroxyl groups is 1. The van der Waals surface area contributed by atoms with Gasteiger partial charge in [-0.1, -0.05) is 12.8 Å². The molecule has 1 aliphatic carbocycles. The lowest BCUT2D eigenvalue weighted by molar-refractivity contribution is -0.0854. The molecule has 0 aromatic rings. The van der Waals surface area contributed by atoms with Crippen molar-refractivity contribution in [2.45, 2.75) is 63.9 Å². The Morgan fingerprint density at radius 1 is 1.22 bits per heavy atom. The van der Waals surface area contributed by atoms with Gasteiger partial charge in [-0.25, -0.2) is 0 Å². The Bertz CT molecular complexity index is 233. The number of β-amino-alcohol motifs (C(OH)–C–C–N with tert-alkyl or cyclic N) is 1. The second-order valence-corrected chi connectivity index (χ2v) is 5.87. The molecule has 106 valence electrons. The molecule has 1 N–H and O–H groups in total. The normalized spacial score (nSPS) is 32.8. The third kappa shape index (κ3) is 4.50. The van der Waals surface area contributed by atoms with Crippen LogP contribution < -0.4 is 0 Å². The van der Waals surface area contributed by atoms with Gasteiger partial charge in [0.2, 0.25) is 0 Å². The molecule has 4 nitrogen and oxygen atoms in total. The van der Waals surface area contributed by atoms with Crippen molar-refractivity contribution in [1.82, 2.24) is 4.90 Å². The van der Waals surface area contributed by atoms with Crippen molar-refractivity contribution >= 4 is 0 Å². The maximum atomic E-state index is 10.0. The van der Waals surface area contributed by atoms with E-state index in [1.807, 2.05) is 0 Å². The van der Waals surface area contributed by atoms with Gasteiger partial charge < -0.3 is 14.6 Å². The molecule has 4 heteroatoms. The van der Waals surface area contributed by atoms with Gasteiger partial charge in [0.15, 0.2) is 0 Å². The van der Waals surface area contributed by atoms with Gasteiger partial charge in [-0.05, 0) is 26.7 Å². The van der Waals surface area contributed by atoms with Crippen LogP contribution in [0.5, 0.6) is 0 Å². The summed E-state index contributed by atoms with van der Waals surface area (Å²) in [6.07, 6.45) is 5.42. The van der Waals surface area contributed by atoms with Crippen molar-refractivity contribution in [3.63, 3.8) is 0 Å². The topological polar surface area (TPSA) is 41.9 Å². The van der Waals surface area contributed by atoms with Crippen LogP contribution in [0.4, 0.5) is 0 Å². The standard InChI is InChI=1S/C14H27NO3/c1-11-7-15(8-12(2)18-11)9-13(16)10-17-14-5-3-4-6-14/h11-14,16H,3-10H2,1-2H3/t11-,12+,13-/m1/s1. The number of hydrogen-bond acceptors (Lipinski definition) is 4. The van der Waals surface area contributed by atoms with Crippen LogP contribution >= 0.6 is 0 Å². The van der Waals surface area contributed by atoms with Crippen LogP contribution in [0.1, 0.15) is 39.5 Å². The third-order valence-electron chi connectivity index (χ3n) is 3.79. The highest BCUT2D eigenvalue weighted by Gasteiger charge is 2.24. The summed E-state index contributed by atoms with van der Waals surface area (Å²) in [7, 11) is 0. The molecule has 0 aromatic heterocycles. The zero-order valence-electron chi connectivity index (χ0n) is 11.7. The average molecular weight is 257 g/mol. The fraction of sp³-hybridized carbons (Fsp3) is 1.00. The number of nitrogens with zero attached hydrogens (tertiary/aromatic N) is 1. The molecule has 0 radical (unpaired) electrons.